The molecule has 0 aromatic heterocycles. The normalized spacial score (nSPS) is 13.3. The third kappa shape index (κ3) is 2.68. The summed E-state index contributed by atoms with van der Waals surface area (Å²) < 4.78 is 50.6. The molecule has 0 fully saturated rings. The largest absolute Gasteiger partial charge is 0.324 e. The maximum absolute atomic E-state index is 13.4. The van der Waals surface area contributed by atoms with Crippen LogP contribution in [0.25, 0.3) is 0 Å². The fourth-order valence-corrected chi connectivity index (χ4v) is 1.33. The molecule has 0 saturated heterocycles. The van der Waals surface area contributed by atoms with Gasteiger partial charge in [-0.3, -0.25) is 0 Å². The van der Waals surface area contributed by atoms with Gasteiger partial charge in [0.05, 0.1) is 0 Å². The first-order chi connectivity index (χ1) is 6.93. The van der Waals surface area contributed by atoms with Crippen LogP contribution in [0.1, 0.15) is 23.6 Å². The minimum absolute atomic E-state index is 0.191. The number of hydrogen-bond donors (Lipinski definition) is 1. The molecule has 1 atom stereocenters. The van der Waals surface area contributed by atoms with Crippen molar-refractivity contribution in [1.29, 1.82) is 0 Å². The van der Waals surface area contributed by atoms with Crippen LogP contribution in [0.3, 0.4) is 0 Å². The second kappa shape index (κ2) is 4.61. The number of benzene rings is 1. The van der Waals surface area contributed by atoms with Crippen molar-refractivity contribution in [2.75, 3.05) is 0 Å². The van der Waals surface area contributed by atoms with Crippen LogP contribution in [0.5, 0.6) is 0 Å². The molecule has 0 aliphatic heterocycles. The van der Waals surface area contributed by atoms with Crippen molar-refractivity contribution in [2.24, 2.45) is 5.73 Å². The maximum Gasteiger partial charge on any atom is 0.240 e. The predicted molar refractivity (Wildman–Crippen MR) is 48.6 cm³/mol. The summed E-state index contributed by atoms with van der Waals surface area (Å²) in [7, 11) is 0. The minimum atomic E-state index is -2.68. The molecule has 2 N–H and O–H groups in total. The molecule has 0 spiro atoms. The zero-order valence-electron chi connectivity index (χ0n) is 8.11. The van der Waals surface area contributed by atoms with Crippen LogP contribution in [0, 0.1) is 18.6 Å². The van der Waals surface area contributed by atoms with E-state index in [-0.39, 0.29) is 5.56 Å². The van der Waals surface area contributed by atoms with E-state index in [1.165, 1.54) is 13.0 Å². The lowest BCUT2D eigenvalue weighted by molar-refractivity contribution is 0.127. The number of nitrogens with two attached hydrogens (primary N) is 1. The topological polar surface area (TPSA) is 26.0 Å². The fourth-order valence-electron chi connectivity index (χ4n) is 1.33. The summed E-state index contributed by atoms with van der Waals surface area (Å²) in [4.78, 5) is 0. The van der Waals surface area contributed by atoms with Gasteiger partial charge in [-0.15, -0.1) is 0 Å². The Morgan fingerprint density at radius 1 is 1.27 bits per heavy atom. The van der Waals surface area contributed by atoms with Crippen LogP contribution in [0.2, 0.25) is 0 Å². The van der Waals surface area contributed by atoms with Gasteiger partial charge in [0.15, 0.2) is 0 Å². The summed E-state index contributed by atoms with van der Waals surface area (Å²) in [5, 5.41) is 0. The monoisotopic (exact) mass is 221 g/mol. The average Bonchev–Trinajstić information content (AvgIpc) is 2.11. The molecule has 1 nitrogen and oxygen atoms in total. The van der Waals surface area contributed by atoms with Gasteiger partial charge in [-0.05, 0) is 18.6 Å². The van der Waals surface area contributed by atoms with E-state index in [1.807, 2.05) is 0 Å². The van der Waals surface area contributed by atoms with Crippen molar-refractivity contribution < 1.29 is 17.6 Å². The minimum Gasteiger partial charge on any atom is -0.324 e. The fraction of sp³-hybridized carbons (Fsp3) is 0.400. The third-order valence-corrected chi connectivity index (χ3v) is 2.12. The molecule has 5 heteroatoms. The summed E-state index contributed by atoms with van der Waals surface area (Å²) in [5.41, 5.74) is 5.03. The van der Waals surface area contributed by atoms with Crippen LogP contribution in [0.15, 0.2) is 12.1 Å². The Hall–Kier alpha value is -1.10. The number of aryl methyl sites for hydroxylation is 1. The molecule has 84 valence electrons. The zero-order valence-corrected chi connectivity index (χ0v) is 8.11. The van der Waals surface area contributed by atoms with E-state index in [2.05, 4.69) is 0 Å². The summed E-state index contributed by atoms with van der Waals surface area (Å²) in [6, 6.07) is 0.951. The summed E-state index contributed by atoms with van der Waals surface area (Å²) in [6.07, 6.45) is -3.43. The molecule has 0 radical (unpaired) electrons. The lowest BCUT2D eigenvalue weighted by Crippen LogP contribution is -2.17. The molecule has 0 unspecified atom stereocenters. The van der Waals surface area contributed by atoms with Crippen molar-refractivity contribution in [3.8, 4) is 0 Å². The van der Waals surface area contributed by atoms with E-state index in [4.69, 9.17) is 5.73 Å². The van der Waals surface area contributed by atoms with Gasteiger partial charge in [-0.2, -0.15) is 0 Å². The van der Waals surface area contributed by atoms with E-state index in [1.54, 1.807) is 0 Å². The number of alkyl halides is 2. The van der Waals surface area contributed by atoms with Gasteiger partial charge >= 0.3 is 0 Å². The lowest BCUT2D eigenvalue weighted by atomic mass is 10.0. The Labute approximate surface area is 84.9 Å². The van der Waals surface area contributed by atoms with Gasteiger partial charge in [0.2, 0.25) is 6.43 Å². The van der Waals surface area contributed by atoms with Crippen molar-refractivity contribution >= 4 is 0 Å². The summed E-state index contributed by atoms with van der Waals surface area (Å²) in [6.45, 7) is 1.42. The van der Waals surface area contributed by atoms with Gasteiger partial charge < -0.3 is 5.73 Å². The highest BCUT2D eigenvalue weighted by Gasteiger charge is 2.21. The molecule has 0 aliphatic carbocycles. The molecule has 0 heterocycles. The highest BCUT2D eigenvalue weighted by molar-refractivity contribution is 5.29. The van der Waals surface area contributed by atoms with Gasteiger partial charge in [0.1, 0.15) is 11.6 Å². The Morgan fingerprint density at radius 3 is 2.40 bits per heavy atom. The smallest absolute Gasteiger partial charge is 0.240 e. The first-order valence-corrected chi connectivity index (χ1v) is 4.41. The molecule has 15 heavy (non-hydrogen) atoms. The Kier molecular flexibility index (Phi) is 3.68. The van der Waals surface area contributed by atoms with Crippen molar-refractivity contribution in [1.82, 2.24) is 0 Å². The molecular weight excluding hydrogens is 210 g/mol. The Bertz CT molecular complexity index is 352. The van der Waals surface area contributed by atoms with Crippen molar-refractivity contribution in [3.05, 3.63) is 34.9 Å². The Balaban J connectivity index is 3.07. The van der Waals surface area contributed by atoms with E-state index in [9.17, 15) is 17.6 Å². The SMILES string of the molecule is Cc1ccc(F)c([C@H](N)CC(F)F)c1F. The number of hydrogen-bond acceptors (Lipinski definition) is 1. The van der Waals surface area contributed by atoms with Crippen molar-refractivity contribution in [3.63, 3.8) is 0 Å². The van der Waals surface area contributed by atoms with Gasteiger partial charge in [-0.1, -0.05) is 6.07 Å². The average molecular weight is 221 g/mol. The predicted octanol–water partition coefficient (Wildman–Crippen LogP) is 2.93. The molecule has 0 bridgehead atoms. The molecule has 1 aromatic carbocycles. The van der Waals surface area contributed by atoms with E-state index in [0.717, 1.165) is 6.07 Å². The number of halogens is 4. The van der Waals surface area contributed by atoms with Gasteiger partial charge in [-0.25, -0.2) is 17.6 Å². The lowest BCUT2D eigenvalue weighted by Gasteiger charge is -2.14. The molecule has 1 rings (SSSR count). The van der Waals surface area contributed by atoms with Crippen LogP contribution in [0.4, 0.5) is 17.6 Å². The maximum atomic E-state index is 13.4. The van der Waals surface area contributed by atoms with Gasteiger partial charge in [0.25, 0.3) is 0 Å². The van der Waals surface area contributed by atoms with Crippen LogP contribution < -0.4 is 5.73 Å². The third-order valence-electron chi connectivity index (χ3n) is 2.12. The first-order valence-electron chi connectivity index (χ1n) is 4.41. The molecule has 0 saturated carbocycles. The standard InChI is InChI=1S/C10H11F4N/c1-5-2-3-6(11)9(10(5)14)7(15)4-8(12)13/h2-3,7-8H,4,15H2,1H3/t7-/m1/s1. The first kappa shape index (κ1) is 12.0. The van der Waals surface area contributed by atoms with E-state index < -0.39 is 36.1 Å². The highest BCUT2D eigenvalue weighted by atomic mass is 19.3. The van der Waals surface area contributed by atoms with Crippen LogP contribution in [-0.4, -0.2) is 6.43 Å². The highest BCUT2D eigenvalue weighted by Crippen LogP contribution is 2.25. The molecule has 0 aliphatic rings. The summed E-state index contributed by atoms with van der Waals surface area (Å²) >= 11 is 0. The molecule has 1 aromatic rings. The van der Waals surface area contributed by atoms with Crippen LogP contribution in [-0.2, 0) is 0 Å². The second-order valence-electron chi connectivity index (χ2n) is 3.33. The van der Waals surface area contributed by atoms with E-state index in [0.29, 0.717) is 0 Å². The second-order valence-corrected chi connectivity index (χ2v) is 3.33. The summed E-state index contributed by atoms with van der Waals surface area (Å²) in [5.74, 6) is -1.73. The Morgan fingerprint density at radius 2 is 1.87 bits per heavy atom. The quantitative estimate of drug-likeness (QED) is 0.780. The van der Waals surface area contributed by atoms with E-state index >= 15 is 0 Å². The van der Waals surface area contributed by atoms with Gasteiger partial charge in [0, 0.05) is 18.0 Å². The molecule has 0 amide bonds. The van der Waals surface area contributed by atoms with Crippen molar-refractivity contribution in [2.45, 2.75) is 25.8 Å². The number of rotatable bonds is 3. The molecular formula is C10H11F4N. The zero-order chi connectivity index (χ0) is 11.6. The van der Waals surface area contributed by atoms with Crippen LogP contribution >= 0.6 is 0 Å².